The molecule has 0 aromatic heterocycles. The average molecular weight is 299 g/mol. The van der Waals surface area contributed by atoms with Crippen molar-refractivity contribution in [3.63, 3.8) is 0 Å². The molecule has 0 aromatic carbocycles. The minimum atomic E-state index is -0.783. The van der Waals surface area contributed by atoms with E-state index >= 15 is 0 Å². The highest BCUT2D eigenvalue weighted by Gasteiger charge is 2.41. The zero-order valence-electron chi connectivity index (χ0n) is 13.0. The third kappa shape index (κ3) is 3.86. The Kier molecular flexibility index (Phi) is 5.99. The first-order valence-electron chi connectivity index (χ1n) is 7.38. The number of carbonyl (C=O) groups is 3. The van der Waals surface area contributed by atoms with Gasteiger partial charge in [0, 0.05) is 26.7 Å². The standard InChI is InChI=1S/C14H25N3O4/c1-4-14(12(19)20)6-8-17(9-7-14)13(21)16(5-2)10-11(18)15-3/h4-10H2,1-3H3,(H,15,18)(H,19,20). The Morgan fingerprint density at radius 2 is 1.81 bits per heavy atom. The maximum absolute atomic E-state index is 12.4. The maximum atomic E-state index is 12.4. The number of likely N-dealkylation sites (N-methyl/N-ethyl adjacent to an activating group) is 2. The number of aliphatic carboxylic acids is 1. The summed E-state index contributed by atoms with van der Waals surface area (Å²) in [4.78, 5) is 38.3. The number of piperidine rings is 1. The van der Waals surface area contributed by atoms with E-state index in [1.165, 1.54) is 11.9 Å². The van der Waals surface area contributed by atoms with E-state index in [0.29, 0.717) is 38.9 Å². The summed E-state index contributed by atoms with van der Waals surface area (Å²) in [6, 6.07) is -0.198. The second-order valence-corrected chi connectivity index (χ2v) is 5.40. The molecule has 1 rings (SSSR count). The number of rotatable bonds is 5. The molecule has 2 N–H and O–H groups in total. The van der Waals surface area contributed by atoms with E-state index in [2.05, 4.69) is 5.32 Å². The van der Waals surface area contributed by atoms with Gasteiger partial charge in [-0.2, -0.15) is 0 Å². The van der Waals surface area contributed by atoms with Crippen LogP contribution in [0.15, 0.2) is 0 Å². The molecule has 7 nitrogen and oxygen atoms in total. The predicted octanol–water partition coefficient (Wildman–Crippen LogP) is 0.751. The van der Waals surface area contributed by atoms with Crippen LogP contribution >= 0.6 is 0 Å². The van der Waals surface area contributed by atoms with Gasteiger partial charge in [-0.1, -0.05) is 6.92 Å². The van der Waals surface area contributed by atoms with Crippen molar-refractivity contribution in [2.75, 3.05) is 33.2 Å². The zero-order chi connectivity index (χ0) is 16.0. The third-order valence-electron chi connectivity index (χ3n) is 4.39. The molecule has 0 spiro atoms. The molecule has 1 saturated heterocycles. The normalized spacial score (nSPS) is 17.2. The molecule has 3 amide bonds. The van der Waals surface area contributed by atoms with Crippen LogP contribution in [0.2, 0.25) is 0 Å². The van der Waals surface area contributed by atoms with Crippen LogP contribution in [0.3, 0.4) is 0 Å². The van der Waals surface area contributed by atoms with E-state index in [1.807, 2.05) is 13.8 Å². The molecule has 1 heterocycles. The van der Waals surface area contributed by atoms with Gasteiger partial charge >= 0.3 is 12.0 Å². The zero-order valence-corrected chi connectivity index (χ0v) is 13.0. The van der Waals surface area contributed by atoms with Crippen molar-refractivity contribution in [2.24, 2.45) is 5.41 Å². The van der Waals surface area contributed by atoms with Crippen LogP contribution in [0.1, 0.15) is 33.1 Å². The van der Waals surface area contributed by atoms with E-state index < -0.39 is 11.4 Å². The molecule has 21 heavy (non-hydrogen) atoms. The molecule has 1 fully saturated rings. The maximum Gasteiger partial charge on any atom is 0.320 e. The molecule has 0 aliphatic carbocycles. The first kappa shape index (κ1) is 17.3. The molecule has 0 bridgehead atoms. The van der Waals surface area contributed by atoms with Crippen molar-refractivity contribution in [3.05, 3.63) is 0 Å². The number of nitrogens with one attached hydrogen (secondary N) is 1. The summed E-state index contributed by atoms with van der Waals surface area (Å²) >= 11 is 0. The predicted molar refractivity (Wildman–Crippen MR) is 77.9 cm³/mol. The fourth-order valence-electron chi connectivity index (χ4n) is 2.61. The molecule has 0 saturated carbocycles. The van der Waals surface area contributed by atoms with E-state index in [1.54, 1.807) is 4.90 Å². The van der Waals surface area contributed by atoms with Crippen LogP contribution in [-0.4, -0.2) is 66.0 Å². The van der Waals surface area contributed by atoms with Gasteiger partial charge in [0.25, 0.3) is 0 Å². The van der Waals surface area contributed by atoms with Crippen LogP contribution in [0.25, 0.3) is 0 Å². The average Bonchev–Trinajstić information content (AvgIpc) is 2.51. The van der Waals surface area contributed by atoms with Crippen LogP contribution in [0, 0.1) is 5.41 Å². The Morgan fingerprint density at radius 1 is 1.24 bits per heavy atom. The second kappa shape index (κ2) is 7.28. The SMILES string of the molecule is CCN(CC(=O)NC)C(=O)N1CCC(CC)(C(=O)O)CC1. The summed E-state index contributed by atoms with van der Waals surface area (Å²) in [5, 5.41) is 11.8. The minimum Gasteiger partial charge on any atom is -0.481 e. The molecular weight excluding hydrogens is 274 g/mol. The summed E-state index contributed by atoms with van der Waals surface area (Å²) in [5.74, 6) is -0.995. The van der Waals surface area contributed by atoms with Gasteiger partial charge in [0.05, 0.1) is 5.41 Å². The summed E-state index contributed by atoms with van der Waals surface area (Å²) in [6.07, 6.45) is 1.49. The Balaban J connectivity index is 2.65. The third-order valence-corrected chi connectivity index (χ3v) is 4.39. The Morgan fingerprint density at radius 3 is 2.19 bits per heavy atom. The van der Waals surface area contributed by atoms with Gasteiger partial charge in [-0.25, -0.2) is 4.79 Å². The van der Waals surface area contributed by atoms with Gasteiger partial charge < -0.3 is 20.2 Å². The first-order valence-corrected chi connectivity index (χ1v) is 7.38. The van der Waals surface area contributed by atoms with Crippen LogP contribution in [0.4, 0.5) is 4.79 Å². The van der Waals surface area contributed by atoms with Crippen molar-refractivity contribution < 1.29 is 19.5 Å². The largest absolute Gasteiger partial charge is 0.481 e. The number of likely N-dealkylation sites (tertiary alicyclic amines) is 1. The molecule has 120 valence electrons. The quantitative estimate of drug-likeness (QED) is 0.784. The molecule has 1 aliphatic rings. The van der Waals surface area contributed by atoms with Gasteiger partial charge in [0.15, 0.2) is 0 Å². The molecule has 0 radical (unpaired) electrons. The Bertz CT molecular complexity index is 403. The lowest BCUT2D eigenvalue weighted by atomic mass is 9.76. The van der Waals surface area contributed by atoms with Crippen molar-refractivity contribution in [1.82, 2.24) is 15.1 Å². The molecule has 7 heteroatoms. The first-order chi connectivity index (χ1) is 9.90. The lowest BCUT2D eigenvalue weighted by Crippen LogP contribution is -2.52. The highest BCUT2D eigenvalue weighted by molar-refractivity contribution is 5.84. The number of hydrogen-bond acceptors (Lipinski definition) is 3. The minimum absolute atomic E-state index is 0.0280. The lowest BCUT2D eigenvalue weighted by Gasteiger charge is -2.40. The van der Waals surface area contributed by atoms with Gasteiger partial charge in [-0.05, 0) is 26.2 Å². The van der Waals surface area contributed by atoms with Gasteiger partial charge in [0.2, 0.25) is 5.91 Å². The number of nitrogens with zero attached hydrogens (tertiary/aromatic N) is 2. The summed E-state index contributed by atoms with van der Waals surface area (Å²) in [7, 11) is 1.53. The summed E-state index contributed by atoms with van der Waals surface area (Å²) in [6.45, 7) is 5.00. The fourth-order valence-corrected chi connectivity index (χ4v) is 2.61. The van der Waals surface area contributed by atoms with E-state index in [-0.39, 0.29) is 18.5 Å². The van der Waals surface area contributed by atoms with E-state index in [4.69, 9.17) is 0 Å². The van der Waals surface area contributed by atoms with E-state index in [9.17, 15) is 19.5 Å². The van der Waals surface area contributed by atoms with Crippen molar-refractivity contribution in [2.45, 2.75) is 33.1 Å². The van der Waals surface area contributed by atoms with Gasteiger partial charge in [-0.3, -0.25) is 9.59 Å². The molecule has 0 unspecified atom stereocenters. The number of amides is 3. The lowest BCUT2D eigenvalue weighted by molar-refractivity contribution is -0.152. The number of carboxylic acid groups (broad SMARTS) is 1. The smallest absolute Gasteiger partial charge is 0.320 e. The number of urea groups is 1. The summed E-state index contributed by atoms with van der Waals surface area (Å²) in [5.41, 5.74) is -0.714. The Hall–Kier alpha value is -1.79. The Labute approximate surface area is 125 Å². The number of carbonyl (C=O) groups excluding carboxylic acids is 2. The number of carboxylic acids is 1. The van der Waals surface area contributed by atoms with Crippen LogP contribution in [-0.2, 0) is 9.59 Å². The molecule has 1 aliphatic heterocycles. The van der Waals surface area contributed by atoms with Gasteiger partial charge in [0.1, 0.15) is 6.54 Å². The highest BCUT2D eigenvalue weighted by Crippen LogP contribution is 2.35. The monoisotopic (exact) mass is 299 g/mol. The fraction of sp³-hybridized carbons (Fsp3) is 0.786. The van der Waals surface area contributed by atoms with Crippen LogP contribution in [0.5, 0.6) is 0 Å². The van der Waals surface area contributed by atoms with Crippen molar-refractivity contribution in [3.8, 4) is 0 Å². The van der Waals surface area contributed by atoms with Gasteiger partial charge in [-0.15, -0.1) is 0 Å². The molecule has 0 aromatic rings. The topological polar surface area (TPSA) is 90.0 Å². The second-order valence-electron chi connectivity index (χ2n) is 5.40. The van der Waals surface area contributed by atoms with E-state index in [0.717, 1.165) is 0 Å². The van der Waals surface area contributed by atoms with Crippen LogP contribution < -0.4 is 5.32 Å². The van der Waals surface area contributed by atoms with Crippen molar-refractivity contribution in [1.29, 1.82) is 0 Å². The summed E-state index contributed by atoms with van der Waals surface area (Å²) < 4.78 is 0. The highest BCUT2D eigenvalue weighted by atomic mass is 16.4. The molecular formula is C14H25N3O4. The number of hydrogen-bond donors (Lipinski definition) is 2. The molecule has 0 atom stereocenters. The van der Waals surface area contributed by atoms with Crippen molar-refractivity contribution >= 4 is 17.9 Å².